The van der Waals surface area contributed by atoms with Crippen molar-refractivity contribution in [3.05, 3.63) is 46.9 Å². The Labute approximate surface area is 165 Å². The predicted molar refractivity (Wildman–Crippen MR) is 110 cm³/mol. The molecule has 1 saturated heterocycles. The number of nitrogens with zero attached hydrogens (tertiary/aromatic N) is 5. The molecule has 27 heavy (non-hydrogen) atoms. The van der Waals surface area contributed by atoms with Gasteiger partial charge in [0.05, 0.1) is 6.21 Å². The van der Waals surface area contributed by atoms with Crippen molar-refractivity contribution < 1.29 is 4.21 Å². The zero-order chi connectivity index (χ0) is 18.6. The van der Waals surface area contributed by atoms with Crippen molar-refractivity contribution in [2.75, 3.05) is 47.7 Å². The second-order valence-corrected chi connectivity index (χ2v) is 8.44. The minimum Gasteiger partial charge on any atom is -0.353 e. The van der Waals surface area contributed by atoms with Gasteiger partial charge in [0.2, 0.25) is 5.28 Å². The highest BCUT2D eigenvalue weighted by Gasteiger charge is 2.27. The van der Waals surface area contributed by atoms with E-state index in [4.69, 9.17) is 11.6 Å². The third-order valence-electron chi connectivity index (χ3n) is 4.61. The van der Waals surface area contributed by atoms with Crippen LogP contribution in [0.1, 0.15) is 11.3 Å². The summed E-state index contributed by atoms with van der Waals surface area (Å²) in [4.78, 5) is 15.4. The van der Waals surface area contributed by atoms with Crippen molar-refractivity contribution in [1.82, 2.24) is 15.4 Å². The first kappa shape index (κ1) is 18.3. The molecule has 2 aliphatic rings. The van der Waals surface area contributed by atoms with E-state index in [-0.39, 0.29) is 5.28 Å². The summed E-state index contributed by atoms with van der Waals surface area (Å²) in [5.74, 6) is 2.07. The highest BCUT2D eigenvalue weighted by Crippen LogP contribution is 2.32. The average Bonchev–Trinajstić information content (AvgIpc) is 2.69. The summed E-state index contributed by atoms with van der Waals surface area (Å²) in [5.41, 5.74) is 6.31. The van der Waals surface area contributed by atoms with Crippen molar-refractivity contribution in [1.29, 1.82) is 0 Å². The molecule has 1 N–H and O–H groups in total. The number of hydrogen-bond donors (Lipinski definition) is 1. The summed E-state index contributed by atoms with van der Waals surface area (Å²) < 4.78 is 11.7. The lowest BCUT2D eigenvalue weighted by Crippen LogP contribution is -2.45. The standard InChI is InChI=1S/C18H21ClN6OS/c19-18-22-15-12-20-13-25(21-7-6-14-4-2-1-3-5-14)16(15)17(23-18)24-8-10-27(26)11-9-24/h1-5,12,21H,6-11,13H2. The summed E-state index contributed by atoms with van der Waals surface area (Å²) in [5, 5.41) is 2.18. The molecule has 142 valence electrons. The number of aromatic nitrogens is 2. The van der Waals surface area contributed by atoms with Gasteiger partial charge in [-0.2, -0.15) is 4.98 Å². The average molecular weight is 405 g/mol. The number of aliphatic imine (C=N–C) groups is 1. The summed E-state index contributed by atoms with van der Waals surface area (Å²) in [7, 11) is -0.750. The molecule has 0 saturated carbocycles. The maximum absolute atomic E-state index is 11.7. The first-order chi connectivity index (χ1) is 13.2. The second kappa shape index (κ2) is 8.33. The normalized spacial score (nSPS) is 17.2. The molecule has 1 fully saturated rings. The molecule has 7 nitrogen and oxygen atoms in total. The van der Waals surface area contributed by atoms with Gasteiger partial charge in [-0.3, -0.25) is 14.2 Å². The van der Waals surface area contributed by atoms with Gasteiger partial charge in [-0.05, 0) is 23.6 Å². The van der Waals surface area contributed by atoms with Gasteiger partial charge in [0, 0.05) is 41.9 Å². The number of fused-ring (bicyclic) bond motifs is 1. The van der Waals surface area contributed by atoms with E-state index in [0.717, 1.165) is 24.5 Å². The van der Waals surface area contributed by atoms with Crippen LogP contribution in [0, 0.1) is 0 Å². The molecule has 2 aliphatic heterocycles. The van der Waals surface area contributed by atoms with Crippen molar-refractivity contribution in [3.8, 4) is 0 Å². The van der Waals surface area contributed by atoms with Crippen molar-refractivity contribution in [3.63, 3.8) is 0 Å². The van der Waals surface area contributed by atoms with Crippen LogP contribution in [0.25, 0.3) is 0 Å². The Morgan fingerprint density at radius 3 is 2.70 bits per heavy atom. The van der Waals surface area contributed by atoms with Crippen molar-refractivity contribution >= 4 is 40.1 Å². The summed E-state index contributed by atoms with van der Waals surface area (Å²) >= 11 is 6.15. The molecule has 3 heterocycles. The Bertz CT molecular complexity index is 852. The largest absolute Gasteiger partial charge is 0.353 e. The summed E-state index contributed by atoms with van der Waals surface area (Å²) in [6.45, 7) is 2.65. The maximum Gasteiger partial charge on any atom is 0.225 e. The lowest BCUT2D eigenvalue weighted by atomic mass is 10.2. The molecule has 2 aromatic rings. The number of anilines is 2. The van der Waals surface area contributed by atoms with E-state index in [1.807, 2.05) is 23.2 Å². The van der Waals surface area contributed by atoms with Crippen LogP contribution >= 0.6 is 11.6 Å². The zero-order valence-corrected chi connectivity index (χ0v) is 16.4. The number of hydrogen-bond acceptors (Lipinski definition) is 7. The van der Waals surface area contributed by atoms with Crippen LogP contribution in [0.4, 0.5) is 11.5 Å². The summed E-state index contributed by atoms with van der Waals surface area (Å²) in [6, 6.07) is 10.3. The quantitative estimate of drug-likeness (QED) is 0.764. The van der Waals surface area contributed by atoms with E-state index in [0.29, 0.717) is 37.0 Å². The number of rotatable bonds is 5. The lowest BCUT2D eigenvalue weighted by Gasteiger charge is -2.34. The topological polar surface area (TPSA) is 73.7 Å². The Kier molecular flexibility index (Phi) is 5.66. The lowest BCUT2D eigenvalue weighted by molar-refractivity contribution is 0.621. The van der Waals surface area contributed by atoms with E-state index >= 15 is 0 Å². The molecule has 0 unspecified atom stereocenters. The van der Waals surface area contributed by atoms with Crippen molar-refractivity contribution in [2.24, 2.45) is 4.99 Å². The van der Waals surface area contributed by atoms with Gasteiger partial charge in [0.1, 0.15) is 18.1 Å². The van der Waals surface area contributed by atoms with E-state index in [2.05, 4.69) is 37.4 Å². The van der Waals surface area contributed by atoms with Gasteiger partial charge >= 0.3 is 0 Å². The second-order valence-electron chi connectivity index (χ2n) is 6.41. The minimum atomic E-state index is -0.750. The molecular formula is C18H21ClN6OS. The minimum absolute atomic E-state index is 0.202. The first-order valence-electron chi connectivity index (χ1n) is 8.93. The maximum atomic E-state index is 11.7. The van der Waals surface area contributed by atoms with E-state index in [1.54, 1.807) is 6.21 Å². The van der Waals surface area contributed by atoms with Gasteiger partial charge < -0.3 is 4.90 Å². The van der Waals surface area contributed by atoms with Gasteiger partial charge in [0.15, 0.2) is 5.82 Å². The molecule has 0 amide bonds. The highest BCUT2D eigenvalue weighted by atomic mass is 35.5. The van der Waals surface area contributed by atoms with E-state index in [9.17, 15) is 4.21 Å². The molecule has 4 rings (SSSR count). The molecule has 1 aromatic heterocycles. The fourth-order valence-electron chi connectivity index (χ4n) is 3.24. The van der Waals surface area contributed by atoms with E-state index in [1.165, 1.54) is 5.56 Å². The smallest absolute Gasteiger partial charge is 0.225 e. The highest BCUT2D eigenvalue weighted by molar-refractivity contribution is 7.85. The molecule has 0 atom stereocenters. The van der Waals surface area contributed by atoms with Crippen molar-refractivity contribution in [2.45, 2.75) is 6.42 Å². The van der Waals surface area contributed by atoms with E-state index < -0.39 is 10.8 Å². The van der Waals surface area contributed by atoms with Crippen LogP contribution < -0.4 is 15.3 Å². The molecule has 0 bridgehead atoms. The van der Waals surface area contributed by atoms with Gasteiger partial charge in [0.25, 0.3) is 0 Å². The molecule has 1 aromatic carbocycles. The third kappa shape index (κ3) is 4.28. The predicted octanol–water partition coefficient (Wildman–Crippen LogP) is 1.64. The monoisotopic (exact) mass is 404 g/mol. The number of hydrazine groups is 1. The number of nitrogens with one attached hydrogen (secondary N) is 1. The van der Waals surface area contributed by atoms with Crippen LogP contribution in [-0.4, -0.2) is 58.2 Å². The fourth-order valence-corrected chi connectivity index (χ4v) is 4.46. The molecular weight excluding hydrogens is 384 g/mol. The van der Waals surface area contributed by atoms with Crippen LogP contribution in [0.3, 0.4) is 0 Å². The third-order valence-corrected chi connectivity index (χ3v) is 6.05. The zero-order valence-electron chi connectivity index (χ0n) is 14.8. The number of benzene rings is 1. The molecule has 0 radical (unpaired) electrons. The molecule has 0 aliphatic carbocycles. The van der Waals surface area contributed by atoms with Crippen LogP contribution in [0.2, 0.25) is 5.28 Å². The Hall–Kier alpha value is -2.03. The Balaban J connectivity index is 1.55. The SMILES string of the molecule is O=S1CCN(c2nc(Cl)nc3c2N(NCCc2ccccc2)CN=C3)CC1. The van der Waals surface area contributed by atoms with Crippen LogP contribution in [0.5, 0.6) is 0 Å². The molecule has 0 spiro atoms. The Morgan fingerprint density at radius 2 is 1.93 bits per heavy atom. The molecule has 9 heteroatoms. The van der Waals surface area contributed by atoms with Gasteiger partial charge in [-0.1, -0.05) is 30.3 Å². The Morgan fingerprint density at radius 1 is 1.15 bits per heavy atom. The summed E-state index contributed by atoms with van der Waals surface area (Å²) in [6.07, 6.45) is 2.65. The number of halogens is 1. The fraction of sp³-hybridized carbons (Fsp3) is 0.389. The van der Waals surface area contributed by atoms with Crippen LogP contribution in [-0.2, 0) is 17.2 Å². The van der Waals surface area contributed by atoms with Gasteiger partial charge in [-0.15, -0.1) is 0 Å². The van der Waals surface area contributed by atoms with Crippen LogP contribution in [0.15, 0.2) is 35.3 Å². The first-order valence-corrected chi connectivity index (χ1v) is 10.8. The van der Waals surface area contributed by atoms with Gasteiger partial charge in [-0.25, -0.2) is 10.4 Å².